The molecule has 0 aliphatic heterocycles. The molecule has 4 heteroatoms. The normalized spacial score (nSPS) is 9.53. The van der Waals surface area contributed by atoms with Gasteiger partial charge in [-0.25, -0.2) is 0 Å². The first kappa shape index (κ1) is 11.7. The molecule has 0 aromatic heterocycles. The molecule has 0 spiro atoms. The van der Waals surface area contributed by atoms with E-state index in [-0.39, 0.29) is 0 Å². The third-order valence-corrected chi connectivity index (χ3v) is 2.69. The van der Waals surface area contributed by atoms with Crippen molar-refractivity contribution in [3.63, 3.8) is 0 Å². The van der Waals surface area contributed by atoms with Crippen molar-refractivity contribution >= 4 is 11.6 Å². The number of nitriles is 1. The summed E-state index contributed by atoms with van der Waals surface area (Å²) < 4.78 is 10.3. The van der Waals surface area contributed by atoms with E-state index in [1.165, 1.54) is 7.11 Å². The first-order valence-corrected chi connectivity index (χ1v) is 4.80. The van der Waals surface area contributed by atoms with Crippen LogP contribution in [0.1, 0.15) is 11.1 Å². The highest BCUT2D eigenvalue weighted by Crippen LogP contribution is 2.39. The molecule has 0 radical (unpaired) electrons. The van der Waals surface area contributed by atoms with Gasteiger partial charge in [0.25, 0.3) is 0 Å². The Morgan fingerprint density at radius 1 is 1.40 bits per heavy atom. The Labute approximate surface area is 94.2 Å². The molecule has 0 fully saturated rings. The van der Waals surface area contributed by atoms with Gasteiger partial charge in [-0.1, -0.05) is 11.6 Å². The van der Waals surface area contributed by atoms with Gasteiger partial charge in [0.2, 0.25) is 0 Å². The van der Waals surface area contributed by atoms with E-state index in [2.05, 4.69) is 6.07 Å². The van der Waals surface area contributed by atoms with E-state index >= 15 is 0 Å². The summed E-state index contributed by atoms with van der Waals surface area (Å²) in [5.74, 6) is 1.07. The molecular weight excluding hydrogens is 214 g/mol. The topological polar surface area (TPSA) is 42.2 Å². The zero-order valence-corrected chi connectivity index (χ0v) is 9.68. The van der Waals surface area contributed by atoms with E-state index in [1.54, 1.807) is 13.2 Å². The second-order valence-corrected chi connectivity index (χ2v) is 3.42. The lowest BCUT2D eigenvalue weighted by Gasteiger charge is -2.13. The van der Waals surface area contributed by atoms with E-state index in [1.807, 2.05) is 6.92 Å². The summed E-state index contributed by atoms with van der Waals surface area (Å²) in [6.45, 7) is 1.86. The molecule has 0 N–H and O–H groups in total. The minimum atomic E-state index is 0.311. The predicted molar refractivity (Wildman–Crippen MR) is 58.6 cm³/mol. The molecule has 0 heterocycles. The molecule has 1 aromatic rings. The fourth-order valence-electron chi connectivity index (χ4n) is 1.36. The van der Waals surface area contributed by atoms with Crippen molar-refractivity contribution in [2.75, 3.05) is 14.2 Å². The van der Waals surface area contributed by atoms with Gasteiger partial charge in [0.1, 0.15) is 0 Å². The Morgan fingerprint density at radius 3 is 2.53 bits per heavy atom. The van der Waals surface area contributed by atoms with Crippen LogP contribution in [0.5, 0.6) is 11.5 Å². The maximum Gasteiger partial charge on any atom is 0.179 e. The molecular formula is C11H12ClNO2. The van der Waals surface area contributed by atoms with Crippen molar-refractivity contribution in [2.45, 2.75) is 13.3 Å². The smallest absolute Gasteiger partial charge is 0.179 e. The van der Waals surface area contributed by atoms with Crippen LogP contribution in [0.15, 0.2) is 6.07 Å². The van der Waals surface area contributed by atoms with Crippen molar-refractivity contribution in [1.29, 1.82) is 5.26 Å². The summed E-state index contributed by atoms with van der Waals surface area (Å²) in [5, 5.41) is 9.16. The fraction of sp³-hybridized carbons (Fsp3) is 0.364. The summed E-state index contributed by atoms with van der Waals surface area (Å²) in [6, 6.07) is 3.87. The first-order chi connectivity index (χ1) is 7.15. The number of hydrogen-bond donors (Lipinski definition) is 0. The van der Waals surface area contributed by atoms with Crippen molar-refractivity contribution in [3.8, 4) is 17.6 Å². The largest absolute Gasteiger partial charge is 0.493 e. The van der Waals surface area contributed by atoms with Crippen LogP contribution in [0.4, 0.5) is 0 Å². The summed E-state index contributed by atoms with van der Waals surface area (Å²) in [6.07, 6.45) is 0.311. The molecule has 0 amide bonds. The standard InChI is InChI=1S/C11H12ClNO2/c1-7-8(4-5-13)6-9(14-2)11(15-3)10(7)12/h6H,4H2,1-3H3. The molecule has 0 unspecified atom stereocenters. The Morgan fingerprint density at radius 2 is 2.07 bits per heavy atom. The molecule has 1 aromatic carbocycles. The van der Waals surface area contributed by atoms with Gasteiger partial charge in [0.05, 0.1) is 31.7 Å². The Hall–Kier alpha value is -1.40. The Kier molecular flexibility index (Phi) is 3.81. The number of rotatable bonds is 3. The van der Waals surface area contributed by atoms with Crippen LogP contribution in [-0.4, -0.2) is 14.2 Å². The maximum atomic E-state index is 8.66. The van der Waals surface area contributed by atoms with E-state index in [0.29, 0.717) is 22.9 Å². The maximum absolute atomic E-state index is 8.66. The van der Waals surface area contributed by atoms with Gasteiger partial charge in [0, 0.05) is 0 Å². The van der Waals surface area contributed by atoms with Gasteiger partial charge >= 0.3 is 0 Å². The molecule has 0 saturated heterocycles. The van der Waals surface area contributed by atoms with Gasteiger partial charge in [-0.3, -0.25) is 0 Å². The summed E-state index contributed by atoms with van der Waals surface area (Å²) in [4.78, 5) is 0. The minimum absolute atomic E-state index is 0.311. The van der Waals surface area contributed by atoms with Gasteiger partial charge in [0.15, 0.2) is 11.5 Å². The van der Waals surface area contributed by atoms with Crippen molar-refractivity contribution in [1.82, 2.24) is 0 Å². The number of nitrogens with zero attached hydrogens (tertiary/aromatic N) is 1. The fourth-order valence-corrected chi connectivity index (χ4v) is 1.65. The van der Waals surface area contributed by atoms with E-state index < -0.39 is 0 Å². The zero-order chi connectivity index (χ0) is 11.4. The number of halogens is 1. The van der Waals surface area contributed by atoms with Crippen LogP contribution in [0.25, 0.3) is 0 Å². The van der Waals surface area contributed by atoms with Crippen LogP contribution in [-0.2, 0) is 6.42 Å². The highest BCUT2D eigenvalue weighted by atomic mass is 35.5. The molecule has 0 saturated carbocycles. The van der Waals surface area contributed by atoms with Crippen LogP contribution < -0.4 is 9.47 Å². The quantitative estimate of drug-likeness (QED) is 0.794. The Balaban J connectivity index is 3.37. The van der Waals surface area contributed by atoms with Crippen molar-refractivity contribution in [3.05, 3.63) is 22.2 Å². The molecule has 0 aliphatic rings. The van der Waals surface area contributed by atoms with Gasteiger partial charge in [-0.2, -0.15) is 5.26 Å². The molecule has 1 rings (SSSR count). The third-order valence-electron chi connectivity index (χ3n) is 2.23. The lowest BCUT2D eigenvalue weighted by molar-refractivity contribution is 0.354. The minimum Gasteiger partial charge on any atom is -0.493 e. The van der Waals surface area contributed by atoms with Gasteiger partial charge in [-0.05, 0) is 24.1 Å². The van der Waals surface area contributed by atoms with E-state index in [9.17, 15) is 0 Å². The predicted octanol–water partition coefficient (Wildman–Crippen LogP) is 2.73. The third kappa shape index (κ3) is 2.16. The highest BCUT2D eigenvalue weighted by Gasteiger charge is 2.14. The second-order valence-electron chi connectivity index (χ2n) is 3.05. The molecule has 0 aliphatic carbocycles. The Bertz CT molecular complexity index is 410. The molecule has 0 bridgehead atoms. The van der Waals surface area contributed by atoms with Crippen LogP contribution >= 0.6 is 11.6 Å². The number of hydrogen-bond acceptors (Lipinski definition) is 3. The van der Waals surface area contributed by atoms with Crippen LogP contribution in [0, 0.1) is 18.3 Å². The molecule has 15 heavy (non-hydrogen) atoms. The van der Waals surface area contributed by atoms with E-state index in [4.69, 9.17) is 26.3 Å². The number of ether oxygens (including phenoxy) is 2. The van der Waals surface area contributed by atoms with Crippen molar-refractivity contribution in [2.24, 2.45) is 0 Å². The van der Waals surface area contributed by atoms with Crippen molar-refractivity contribution < 1.29 is 9.47 Å². The average molecular weight is 226 g/mol. The number of benzene rings is 1. The van der Waals surface area contributed by atoms with Gasteiger partial charge < -0.3 is 9.47 Å². The molecule has 3 nitrogen and oxygen atoms in total. The van der Waals surface area contributed by atoms with Gasteiger partial charge in [-0.15, -0.1) is 0 Å². The molecule has 80 valence electrons. The monoisotopic (exact) mass is 225 g/mol. The summed E-state index contributed by atoms with van der Waals surface area (Å²) in [7, 11) is 3.08. The first-order valence-electron chi connectivity index (χ1n) is 4.42. The SMILES string of the molecule is COc1cc(CC#N)c(C)c(Cl)c1OC. The number of methoxy groups -OCH3 is 2. The average Bonchev–Trinajstić information content (AvgIpc) is 2.24. The lowest BCUT2D eigenvalue weighted by Crippen LogP contribution is -1.97. The van der Waals surface area contributed by atoms with E-state index in [0.717, 1.165) is 11.1 Å². The summed E-state index contributed by atoms with van der Waals surface area (Å²) in [5.41, 5.74) is 1.72. The lowest BCUT2D eigenvalue weighted by atomic mass is 10.1. The highest BCUT2D eigenvalue weighted by molar-refractivity contribution is 6.33. The summed E-state index contributed by atoms with van der Waals surface area (Å²) >= 11 is 6.10. The second kappa shape index (κ2) is 4.90. The van der Waals surface area contributed by atoms with Crippen LogP contribution in [0.3, 0.4) is 0 Å². The zero-order valence-electron chi connectivity index (χ0n) is 8.93. The van der Waals surface area contributed by atoms with Crippen LogP contribution in [0.2, 0.25) is 5.02 Å². The molecule has 0 atom stereocenters.